The van der Waals surface area contributed by atoms with Gasteiger partial charge in [-0.25, -0.2) is 0 Å². The van der Waals surface area contributed by atoms with E-state index in [2.05, 4.69) is 16.7 Å². The Bertz CT molecular complexity index is 761. The van der Waals surface area contributed by atoms with Crippen molar-refractivity contribution in [2.24, 2.45) is 0 Å². The van der Waals surface area contributed by atoms with Crippen molar-refractivity contribution in [1.29, 1.82) is 5.26 Å². The number of nitrogen functional groups attached to an aromatic ring is 1. The number of aryl methyl sites for hydroxylation is 1. The van der Waals surface area contributed by atoms with Crippen LogP contribution in [0.15, 0.2) is 36.4 Å². The van der Waals surface area contributed by atoms with E-state index in [0.29, 0.717) is 29.8 Å². The molecule has 1 amide bonds. The fourth-order valence-electron chi connectivity index (χ4n) is 2.39. The van der Waals surface area contributed by atoms with E-state index in [1.165, 1.54) is 0 Å². The molecule has 0 atom stereocenters. The molecule has 104 valence electrons. The van der Waals surface area contributed by atoms with Crippen molar-refractivity contribution in [3.63, 3.8) is 0 Å². The van der Waals surface area contributed by atoms with E-state index in [-0.39, 0.29) is 5.91 Å². The number of amides is 1. The van der Waals surface area contributed by atoms with Gasteiger partial charge in [0.05, 0.1) is 22.6 Å². The summed E-state index contributed by atoms with van der Waals surface area (Å²) in [5, 5.41) is 15.1. The highest BCUT2D eigenvalue weighted by Crippen LogP contribution is 2.33. The van der Waals surface area contributed by atoms with Gasteiger partial charge in [-0.2, -0.15) is 5.26 Å². The number of hydrogen-bond acceptors (Lipinski definition) is 4. The zero-order chi connectivity index (χ0) is 14.8. The van der Waals surface area contributed by atoms with E-state index < -0.39 is 0 Å². The Kier molecular flexibility index (Phi) is 3.20. The molecule has 3 rings (SSSR count). The number of nitriles is 1. The van der Waals surface area contributed by atoms with Crippen LogP contribution in [0, 0.1) is 11.3 Å². The molecule has 4 N–H and O–H groups in total. The van der Waals surface area contributed by atoms with Gasteiger partial charge in [0.2, 0.25) is 5.91 Å². The largest absolute Gasteiger partial charge is 0.397 e. The molecule has 0 radical (unpaired) electrons. The van der Waals surface area contributed by atoms with Gasteiger partial charge in [0, 0.05) is 12.1 Å². The minimum absolute atomic E-state index is 0.0115. The number of carbonyl (C=O) groups excluding carboxylic acids is 1. The Labute approximate surface area is 122 Å². The minimum Gasteiger partial charge on any atom is -0.397 e. The Morgan fingerprint density at radius 1 is 1.19 bits per heavy atom. The second kappa shape index (κ2) is 5.17. The summed E-state index contributed by atoms with van der Waals surface area (Å²) in [6, 6.07) is 13.1. The molecule has 5 heteroatoms. The first-order valence-electron chi connectivity index (χ1n) is 6.66. The van der Waals surface area contributed by atoms with E-state index in [9.17, 15) is 4.79 Å². The maximum absolute atomic E-state index is 11.4. The van der Waals surface area contributed by atoms with Crippen molar-refractivity contribution in [1.82, 2.24) is 0 Å². The monoisotopic (exact) mass is 278 g/mol. The molecule has 5 nitrogen and oxygen atoms in total. The van der Waals surface area contributed by atoms with Crippen LogP contribution in [0.25, 0.3) is 0 Å². The molecule has 1 aliphatic rings. The van der Waals surface area contributed by atoms with E-state index >= 15 is 0 Å². The van der Waals surface area contributed by atoms with Crippen LogP contribution in [0.2, 0.25) is 0 Å². The normalized spacial score (nSPS) is 13.0. The van der Waals surface area contributed by atoms with Crippen LogP contribution in [0.5, 0.6) is 0 Å². The van der Waals surface area contributed by atoms with Gasteiger partial charge in [-0.1, -0.05) is 12.1 Å². The molecule has 0 spiro atoms. The number of hydrogen-bond donors (Lipinski definition) is 3. The second-order valence-corrected chi connectivity index (χ2v) is 4.93. The molecule has 2 aromatic carbocycles. The number of para-hydroxylation sites is 1. The quantitative estimate of drug-likeness (QED) is 0.737. The number of nitrogens with zero attached hydrogens (tertiary/aromatic N) is 1. The maximum Gasteiger partial charge on any atom is 0.224 e. The molecular formula is C16H14N4O. The van der Waals surface area contributed by atoms with Crippen molar-refractivity contribution in [2.45, 2.75) is 12.8 Å². The summed E-state index contributed by atoms with van der Waals surface area (Å²) in [6.07, 6.45) is 1.17. The standard InChI is InChI=1S/C16H14N4O/c17-9-11-3-1-2-4-13(11)19-15-7-10-5-6-16(21)20-14(10)8-12(15)18/h1-4,7-8,19H,5-6,18H2,(H,20,21). The van der Waals surface area contributed by atoms with Gasteiger partial charge in [0.15, 0.2) is 0 Å². The molecule has 2 aromatic rings. The van der Waals surface area contributed by atoms with Gasteiger partial charge in [-0.3, -0.25) is 4.79 Å². The number of nitrogens with one attached hydrogen (secondary N) is 2. The molecule has 0 saturated heterocycles. The number of anilines is 4. The molecule has 0 saturated carbocycles. The number of rotatable bonds is 2. The third-order valence-corrected chi connectivity index (χ3v) is 3.49. The SMILES string of the molecule is N#Cc1ccccc1Nc1cc2c(cc1N)NC(=O)CC2. The average Bonchev–Trinajstić information content (AvgIpc) is 2.49. The van der Waals surface area contributed by atoms with Crippen molar-refractivity contribution < 1.29 is 4.79 Å². The number of benzene rings is 2. The van der Waals surface area contributed by atoms with Crippen molar-refractivity contribution in [3.8, 4) is 6.07 Å². The van der Waals surface area contributed by atoms with Crippen molar-refractivity contribution in [2.75, 3.05) is 16.4 Å². The first-order chi connectivity index (χ1) is 10.2. The molecule has 1 aliphatic heterocycles. The van der Waals surface area contributed by atoms with Crippen LogP contribution >= 0.6 is 0 Å². The summed E-state index contributed by atoms with van der Waals surface area (Å²) < 4.78 is 0. The summed E-state index contributed by atoms with van der Waals surface area (Å²) in [5.74, 6) is 0.0115. The third-order valence-electron chi connectivity index (χ3n) is 3.49. The summed E-state index contributed by atoms with van der Waals surface area (Å²) in [5.41, 5.74) is 10.4. The number of fused-ring (bicyclic) bond motifs is 1. The molecule has 0 aliphatic carbocycles. The first-order valence-corrected chi connectivity index (χ1v) is 6.66. The zero-order valence-electron chi connectivity index (χ0n) is 11.3. The van der Waals surface area contributed by atoms with Crippen LogP contribution in [0.4, 0.5) is 22.7 Å². The van der Waals surface area contributed by atoms with Gasteiger partial charge in [0.1, 0.15) is 6.07 Å². The van der Waals surface area contributed by atoms with Crippen LogP contribution in [0.1, 0.15) is 17.5 Å². The third kappa shape index (κ3) is 2.51. The van der Waals surface area contributed by atoms with Gasteiger partial charge in [-0.15, -0.1) is 0 Å². The van der Waals surface area contributed by atoms with Crippen molar-refractivity contribution >= 4 is 28.7 Å². The van der Waals surface area contributed by atoms with E-state index in [1.54, 1.807) is 12.1 Å². The van der Waals surface area contributed by atoms with Gasteiger partial charge in [-0.05, 0) is 36.2 Å². The predicted octanol–water partition coefficient (Wildman–Crippen LogP) is 2.77. The molecule has 0 bridgehead atoms. The summed E-state index contributed by atoms with van der Waals surface area (Å²) in [6.45, 7) is 0. The molecule has 21 heavy (non-hydrogen) atoms. The van der Waals surface area contributed by atoms with Crippen molar-refractivity contribution in [3.05, 3.63) is 47.5 Å². The Balaban J connectivity index is 1.97. The highest BCUT2D eigenvalue weighted by atomic mass is 16.1. The lowest BCUT2D eigenvalue weighted by atomic mass is 10.0. The van der Waals surface area contributed by atoms with Crippen LogP contribution < -0.4 is 16.4 Å². The van der Waals surface area contributed by atoms with E-state index in [4.69, 9.17) is 11.0 Å². The lowest BCUT2D eigenvalue weighted by molar-refractivity contribution is -0.116. The fraction of sp³-hybridized carbons (Fsp3) is 0.125. The molecule has 0 unspecified atom stereocenters. The van der Waals surface area contributed by atoms with E-state index in [1.807, 2.05) is 24.3 Å². The molecule has 0 aromatic heterocycles. The minimum atomic E-state index is 0.0115. The number of carbonyl (C=O) groups is 1. The Hall–Kier alpha value is -3.00. The smallest absolute Gasteiger partial charge is 0.224 e. The van der Waals surface area contributed by atoms with Crippen LogP contribution in [-0.4, -0.2) is 5.91 Å². The lowest BCUT2D eigenvalue weighted by Crippen LogP contribution is -2.19. The second-order valence-electron chi connectivity index (χ2n) is 4.93. The summed E-state index contributed by atoms with van der Waals surface area (Å²) in [7, 11) is 0. The lowest BCUT2D eigenvalue weighted by Gasteiger charge is -2.20. The van der Waals surface area contributed by atoms with Gasteiger partial charge < -0.3 is 16.4 Å². The first kappa shape index (κ1) is 13.0. The fourth-order valence-corrected chi connectivity index (χ4v) is 2.39. The average molecular weight is 278 g/mol. The van der Waals surface area contributed by atoms with Crippen LogP contribution in [-0.2, 0) is 11.2 Å². The van der Waals surface area contributed by atoms with Gasteiger partial charge in [0.25, 0.3) is 0 Å². The number of nitrogens with two attached hydrogens (primary N) is 1. The zero-order valence-corrected chi connectivity index (χ0v) is 11.3. The maximum atomic E-state index is 11.4. The summed E-state index contributed by atoms with van der Waals surface area (Å²) >= 11 is 0. The Morgan fingerprint density at radius 2 is 2.00 bits per heavy atom. The highest BCUT2D eigenvalue weighted by molar-refractivity contribution is 5.96. The highest BCUT2D eigenvalue weighted by Gasteiger charge is 2.17. The molecule has 0 fully saturated rings. The molecular weight excluding hydrogens is 264 g/mol. The van der Waals surface area contributed by atoms with Gasteiger partial charge >= 0.3 is 0 Å². The predicted molar refractivity (Wildman–Crippen MR) is 82.2 cm³/mol. The Morgan fingerprint density at radius 3 is 2.81 bits per heavy atom. The van der Waals surface area contributed by atoms with E-state index in [0.717, 1.165) is 16.9 Å². The molecule has 1 heterocycles. The topological polar surface area (TPSA) is 90.9 Å². The van der Waals surface area contributed by atoms with Crippen LogP contribution in [0.3, 0.4) is 0 Å². The summed E-state index contributed by atoms with van der Waals surface area (Å²) in [4.78, 5) is 11.4.